The molecule has 0 saturated carbocycles. The van der Waals surface area contributed by atoms with Crippen LogP contribution in [0.15, 0.2) is 60.3 Å². The standard InChI is InChI=1S/C25H23ClN4O2/c26-20-8-10-21(11-9-20)28-25(32)18(15-27)14-19-16-30(23-7-3-2-6-22(19)23)17-24(31)29-12-4-1-5-13-29/h2-3,6-11,14,16H,1,4-5,12-13,17H2,(H,28,32)/b18-14+. The first-order valence-electron chi connectivity index (χ1n) is 10.6. The molecule has 162 valence electrons. The Hall–Kier alpha value is -3.56. The molecule has 1 aliphatic rings. The molecule has 1 aliphatic heterocycles. The number of fused-ring (bicyclic) bond motifs is 1. The fourth-order valence-corrected chi connectivity index (χ4v) is 4.07. The fraction of sp³-hybridized carbons (Fsp3) is 0.240. The van der Waals surface area contributed by atoms with Gasteiger partial charge < -0.3 is 14.8 Å². The van der Waals surface area contributed by atoms with Gasteiger partial charge in [0.25, 0.3) is 5.91 Å². The highest BCUT2D eigenvalue weighted by molar-refractivity contribution is 6.30. The number of rotatable bonds is 5. The van der Waals surface area contributed by atoms with E-state index in [2.05, 4.69) is 5.32 Å². The Kier molecular flexibility index (Phi) is 6.58. The number of benzene rings is 2. The third kappa shape index (κ3) is 4.84. The molecule has 6 nitrogen and oxygen atoms in total. The molecule has 1 N–H and O–H groups in total. The van der Waals surface area contributed by atoms with Gasteiger partial charge in [0.2, 0.25) is 5.91 Å². The van der Waals surface area contributed by atoms with Crippen LogP contribution in [0.25, 0.3) is 17.0 Å². The zero-order valence-electron chi connectivity index (χ0n) is 17.6. The van der Waals surface area contributed by atoms with Gasteiger partial charge in [-0.05, 0) is 55.7 Å². The number of halogens is 1. The van der Waals surface area contributed by atoms with E-state index in [1.807, 2.05) is 46.0 Å². The Morgan fingerprint density at radius 3 is 2.50 bits per heavy atom. The van der Waals surface area contributed by atoms with Crippen LogP contribution in [0.3, 0.4) is 0 Å². The number of hydrogen-bond acceptors (Lipinski definition) is 3. The molecule has 2 aromatic carbocycles. The maximum Gasteiger partial charge on any atom is 0.266 e. The number of para-hydroxylation sites is 1. The van der Waals surface area contributed by atoms with E-state index in [1.165, 1.54) is 6.42 Å². The average Bonchev–Trinajstić information content (AvgIpc) is 3.16. The molecule has 0 unspecified atom stereocenters. The predicted octanol–water partition coefficient (Wildman–Crippen LogP) is 4.85. The molecule has 1 saturated heterocycles. The maximum absolute atomic E-state index is 12.8. The molecule has 0 spiro atoms. The van der Waals surface area contributed by atoms with Crippen LogP contribution in [0, 0.1) is 11.3 Å². The summed E-state index contributed by atoms with van der Waals surface area (Å²) in [5, 5.41) is 13.8. The lowest BCUT2D eigenvalue weighted by Crippen LogP contribution is -2.37. The molecule has 0 atom stereocenters. The number of nitriles is 1. The van der Waals surface area contributed by atoms with Crippen LogP contribution >= 0.6 is 11.6 Å². The van der Waals surface area contributed by atoms with Crippen molar-refractivity contribution in [3.8, 4) is 6.07 Å². The lowest BCUT2D eigenvalue weighted by atomic mass is 10.1. The molecule has 1 fully saturated rings. The molecule has 3 aromatic rings. The fourth-order valence-electron chi connectivity index (χ4n) is 3.95. The van der Waals surface area contributed by atoms with E-state index < -0.39 is 5.91 Å². The van der Waals surface area contributed by atoms with Gasteiger partial charge in [-0.25, -0.2) is 0 Å². The number of hydrogen-bond donors (Lipinski definition) is 1. The molecule has 4 rings (SSSR count). The molecular formula is C25H23ClN4O2. The van der Waals surface area contributed by atoms with Crippen molar-refractivity contribution in [2.75, 3.05) is 18.4 Å². The molecule has 0 aliphatic carbocycles. The van der Waals surface area contributed by atoms with Crippen LogP contribution < -0.4 is 5.32 Å². The van der Waals surface area contributed by atoms with Gasteiger partial charge in [0.05, 0.1) is 0 Å². The first-order chi connectivity index (χ1) is 15.5. The van der Waals surface area contributed by atoms with E-state index in [0.717, 1.165) is 42.4 Å². The second-order valence-corrected chi connectivity index (χ2v) is 8.24. The smallest absolute Gasteiger partial charge is 0.266 e. The Morgan fingerprint density at radius 1 is 1.06 bits per heavy atom. The van der Waals surface area contributed by atoms with Crippen LogP contribution in [-0.4, -0.2) is 34.4 Å². The van der Waals surface area contributed by atoms with Gasteiger partial charge in [-0.1, -0.05) is 29.8 Å². The van der Waals surface area contributed by atoms with Gasteiger partial charge in [0, 0.05) is 46.5 Å². The lowest BCUT2D eigenvalue weighted by molar-refractivity contribution is -0.132. The number of nitrogens with one attached hydrogen (secondary N) is 1. The number of carbonyl (C=O) groups excluding carboxylic acids is 2. The van der Waals surface area contributed by atoms with Crippen molar-refractivity contribution < 1.29 is 9.59 Å². The topological polar surface area (TPSA) is 78.1 Å². The van der Waals surface area contributed by atoms with Crippen molar-refractivity contribution in [2.45, 2.75) is 25.8 Å². The van der Waals surface area contributed by atoms with Crippen LogP contribution in [-0.2, 0) is 16.1 Å². The van der Waals surface area contributed by atoms with Crippen molar-refractivity contribution in [3.63, 3.8) is 0 Å². The molecule has 2 heterocycles. The minimum Gasteiger partial charge on any atom is -0.341 e. The molecule has 0 radical (unpaired) electrons. The van der Waals surface area contributed by atoms with Crippen molar-refractivity contribution in [3.05, 3.63) is 70.9 Å². The second-order valence-electron chi connectivity index (χ2n) is 7.80. The normalized spacial score (nSPS) is 14.2. The SMILES string of the molecule is N#C/C(=C\c1cn(CC(=O)N2CCCCC2)c2ccccc12)C(=O)Nc1ccc(Cl)cc1. The number of amides is 2. The Balaban J connectivity index is 1.60. The van der Waals surface area contributed by atoms with Gasteiger partial charge in [0.1, 0.15) is 18.2 Å². The van der Waals surface area contributed by atoms with Crippen LogP contribution in [0.2, 0.25) is 5.02 Å². The summed E-state index contributed by atoms with van der Waals surface area (Å²) in [4.78, 5) is 27.4. The predicted molar refractivity (Wildman–Crippen MR) is 126 cm³/mol. The van der Waals surface area contributed by atoms with E-state index in [1.54, 1.807) is 30.3 Å². The number of anilines is 1. The van der Waals surface area contributed by atoms with E-state index in [-0.39, 0.29) is 18.0 Å². The summed E-state index contributed by atoms with van der Waals surface area (Å²) >= 11 is 5.88. The summed E-state index contributed by atoms with van der Waals surface area (Å²) < 4.78 is 1.89. The highest BCUT2D eigenvalue weighted by atomic mass is 35.5. The minimum atomic E-state index is -0.504. The largest absolute Gasteiger partial charge is 0.341 e. The van der Waals surface area contributed by atoms with Gasteiger partial charge in [-0.15, -0.1) is 0 Å². The number of likely N-dealkylation sites (tertiary alicyclic amines) is 1. The van der Waals surface area contributed by atoms with Crippen molar-refractivity contribution >= 4 is 46.1 Å². The second kappa shape index (κ2) is 9.71. The highest BCUT2D eigenvalue weighted by Gasteiger charge is 2.19. The van der Waals surface area contributed by atoms with E-state index in [0.29, 0.717) is 10.7 Å². The Labute approximate surface area is 191 Å². The summed E-state index contributed by atoms with van der Waals surface area (Å²) in [6.07, 6.45) is 6.65. The quantitative estimate of drug-likeness (QED) is 0.449. The molecule has 1 aromatic heterocycles. The maximum atomic E-state index is 12.8. The third-order valence-electron chi connectivity index (χ3n) is 5.60. The monoisotopic (exact) mass is 446 g/mol. The number of nitrogens with zero attached hydrogens (tertiary/aromatic N) is 3. The van der Waals surface area contributed by atoms with Crippen molar-refractivity contribution in [1.82, 2.24) is 9.47 Å². The third-order valence-corrected chi connectivity index (χ3v) is 5.85. The molecule has 0 bridgehead atoms. The van der Waals surface area contributed by atoms with Crippen LogP contribution in [0.4, 0.5) is 5.69 Å². The summed E-state index contributed by atoms with van der Waals surface area (Å²) in [5.41, 5.74) is 2.13. The highest BCUT2D eigenvalue weighted by Crippen LogP contribution is 2.24. The summed E-state index contributed by atoms with van der Waals surface area (Å²) in [6.45, 7) is 1.83. The van der Waals surface area contributed by atoms with E-state index >= 15 is 0 Å². The number of carbonyl (C=O) groups is 2. The zero-order chi connectivity index (χ0) is 22.5. The number of piperidine rings is 1. The molecule has 7 heteroatoms. The van der Waals surface area contributed by atoms with Crippen molar-refractivity contribution in [2.24, 2.45) is 0 Å². The van der Waals surface area contributed by atoms with Crippen LogP contribution in [0.1, 0.15) is 24.8 Å². The Morgan fingerprint density at radius 2 is 1.78 bits per heavy atom. The zero-order valence-corrected chi connectivity index (χ0v) is 18.3. The van der Waals surface area contributed by atoms with Gasteiger partial charge in [-0.2, -0.15) is 5.26 Å². The minimum absolute atomic E-state index is 0.0230. The van der Waals surface area contributed by atoms with Gasteiger partial charge in [-0.3, -0.25) is 9.59 Å². The first kappa shape index (κ1) is 21.7. The van der Waals surface area contributed by atoms with Gasteiger partial charge in [0.15, 0.2) is 0 Å². The summed E-state index contributed by atoms with van der Waals surface area (Å²) in [6, 6.07) is 16.3. The van der Waals surface area contributed by atoms with Crippen LogP contribution in [0.5, 0.6) is 0 Å². The summed E-state index contributed by atoms with van der Waals surface area (Å²) in [5.74, 6) is -0.419. The first-order valence-corrected chi connectivity index (χ1v) is 11.0. The number of aromatic nitrogens is 1. The Bertz CT molecular complexity index is 1210. The van der Waals surface area contributed by atoms with E-state index in [4.69, 9.17) is 11.6 Å². The lowest BCUT2D eigenvalue weighted by Gasteiger charge is -2.27. The van der Waals surface area contributed by atoms with E-state index in [9.17, 15) is 14.9 Å². The molecule has 32 heavy (non-hydrogen) atoms. The molecule has 2 amide bonds. The van der Waals surface area contributed by atoms with Gasteiger partial charge >= 0.3 is 0 Å². The molecular weight excluding hydrogens is 424 g/mol. The average molecular weight is 447 g/mol. The summed E-state index contributed by atoms with van der Waals surface area (Å²) in [7, 11) is 0. The van der Waals surface area contributed by atoms with Crippen molar-refractivity contribution in [1.29, 1.82) is 5.26 Å².